The number of allylic oxidation sites excluding steroid dienone is 8. The first kappa shape index (κ1) is 54.3. The molecule has 0 aromatic heterocycles. The smallest absolute Gasteiger partial charge is 0.362 e. The van der Waals surface area contributed by atoms with Crippen molar-refractivity contribution in [2.24, 2.45) is 0 Å². The third kappa shape index (κ3) is 38.6. The lowest BCUT2D eigenvalue weighted by Crippen LogP contribution is -2.50. The van der Waals surface area contributed by atoms with Crippen LogP contribution in [0.25, 0.3) is 0 Å². The largest absolute Gasteiger partial charge is 0.477 e. The van der Waals surface area contributed by atoms with Crippen molar-refractivity contribution in [1.29, 1.82) is 0 Å². The van der Waals surface area contributed by atoms with Gasteiger partial charge < -0.3 is 23.8 Å². The van der Waals surface area contributed by atoms with Gasteiger partial charge in [-0.25, -0.2) is 4.79 Å². The number of esters is 2. The molecular weight excluding hydrogens is 715 g/mol. The molecule has 0 aliphatic rings. The number of likely N-dealkylation sites (N-methyl/N-ethyl adjacent to an activating group) is 1. The number of carbonyl (C=O) groups excluding carboxylic acids is 2. The Kier molecular flexibility index (Phi) is 38.2. The van der Waals surface area contributed by atoms with E-state index in [2.05, 4.69) is 62.5 Å². The zero-order chi connectivity index (χ0) is 42.1. The van der Waals surface area contributed by atoms with Crippen LogP contribution in [-0.4, -0.2) is 80.6 Å². The molecular formula is C49H88NO7+. The molecule has 0 saturated heterocycles. The van der Waals surface area contributed by atoms with Crippen molar-refractivity contribution >= 4 is 17.9 Å². The maximum Gasteiger partial charge on any atom is 0.362 e. The molecule has 57 heavy (non-hydrogen) atoms. The van der Waals surface area contributed by atoms with Crippen LogP contribution in [0.2, 0.25) is 0 Å². The summed E-state index contributed by atoms with van der Waals surface area (Å²) in [6.45, 7) is 4.59. The van der Waals surface area contributed by atoms with Crippen molar-refractivity contribution < 1.29 is 38.2 Å². The summed E-state index contributed by atoms with van der Waals surface area (Å²) in [5.74, 6) is -1.49. The summed E-state index contributed by atoms with van der Waals surface area (Å²) in [6, 6.07) is -0.618. The predicted octanol–water partition coefficient (Wildman–Crippen LogP) is 12.8. The highest BCUT2D eigenvalue weighted by molar-refractivity contribution is 5.72. The van der Waals surface area contributed by atoms with Gasteiger partial charge in [-0.2, -0.15) is 0 Å². The second kappa shape index (κ2) is 40.1. The monoisotopic (exact) mass is 803 g/mol. The number of carbonyl (C=O) groups is 3. The maximum atomic E-state index is 12.7. The molecule has 0 rings (SSSR count). The first-order valence-corrected chi connectivity index (χ1v) is 23.2. The number of hydrogen-bond donors (Lipinski definition) is 1. The van der Waals surface area contributed by atoms with Crippen LogP contribution in [0.15, 0.2) is 48.6 Å². The van der Waals surface area contributed by atoms with Gasteiger partial charge in [0.1, 0.15) is 6.61 Å². The minimum Gasteiger partial charge on any atom is -0.477 e. The second-order valence-corrected chi connectivity index (χ2v) is 16.7. The zero-order valence-electron chi connectivity index (χ0n) is 37.5. The number of aliphatic carboxylic acids is 1. The van der Waals surface area contributed by atoms with Crippen LogP contribution in [-0.2, 0) is 28.6 Å². The molecule has 0 radical (unpaired) electrons. The van der Waals surface area contributed by atoms with Crippen molar-refractivity contribution in [2.75, 3.05) is 41.0 Å². The first-order chi connectivity index (χ1) is 27.6. The number of carboxylic acids is 1. The Hall–Kier alpha value is -2.71. The molecule has 0 bridgehead atoms. The minimum absolute atomic E-state index is 0.0535. The summed E-state index contributed by atoms with van der Waals surface area (Å²) < 4.78 is 17.3. The third-order valence-electron chi connectivity index (χ3n) is 10.3. The molecule has 330 valence electrons. The Morgan fingerprint density at radius 2 is 1.00 bits per heavy atom. The van der Waals surface area contributed by atoms with Gasteiger partial charge >= 0.3 is 17.9 Å². The molecule has 0 aliphatic heterocycles. The van der Waals surface area contributed by atoms with Crippen LogP contribution < -0.4 is 0 Å². The van der Waals surface area contributed by atoms with Gasteiger partial charge in [-0.1, -0.05) is 165 Å². The fourth-order valence-corrected chi connectivity index (χ4v) is 6.67. The number of carboxylic acid groups (broad SMARTS) is 1. The van der Waals surface area contributed by atoms with E-state index >= 15 is 0 Å². The normalized spacial score (nSPS) is 13.4. The fourth-order valence-electron chi connectivity index (χ4n) is 6.67. The van der Waals surface area contributed by atoms with Gasteiger partial charge in [0.25, 0.3) is 0 Å². The molecule has 0 aliphatic carbocycles. The fraction of sp³-hybridized carbons (Fsp3) is 0.776. The van der Waals surface area contributed by atoms with E-state index in [1.807, 2.05) is 21.1 Å². The van der Waals surface area contributed by atoms with Crippen LogP contribution in [0, 0.1) is 0 Å². The molecule has 8 nitrogen and oxygen atoms in total. The highest BCUT2D eigenvalue weighted by Crippen LogP contribution is 2.14. The minimum atomic E-state index is -0.879. The Bertz CT molecular complexity index is 1070. The summed E-state index contributed by atoms with van der Waals surface area (Å²) in [4.78, 5) is 37.0. The van der Waals surface area contributed by atoms with Gasteiger partial charge in [-0.15, -0.1) is 0 Å². The van der Waals surface area contributed by atoms with Crippen LogP contribution in [0.5, 0.6) is 0 Å². The third-order valence-corrected chi connectivity index (χ3v) is 10.3. The van der Waals surface area contributed by atoms with Gasteiger partial charge in [-0.05, 0) is 57.8 Å². The van der Waals surface area contributed by atoms with Crippen molar-refractivity contribution in [2.45, 2.75) is 206 Å². The van der Waals surface area contributed by atoms with E-state index in [4.69, 9.17) is 14.2 Å². The van der Waals surface area contributed by atoms with Crippen LogP contribution in [0.1, 0.15) is 194 Å². The quantitative estimate of drug-likeness (QED) is 0.0216. The molecule has 8 heteroatoms. The van der Waals surface area contributed by atoms with E-state index in [9.17, 15) is 19.5 Å². The van der Waals surface area contributed by atoms with Gasteiger partial charge in [0.2, 0.25) is 0 Å². The molecule has 0 spiro atoms. The van der Waals surface area contributed by atoms with E-state index in [0.717, 1.165) is 64.2 Å². The average Bonchev–Trinajstić information content (AvgIpc) is 3.17. The molecule has 0 aromatic carbocycles. The lowest BCUT2D eigenvalue weighted by Gasteiger charge is -2.31. The molecule has 0 aromatic rings. The van der Waals surface area contributed by atoms with Crippen molar-refractivity contribution in [3.05, 3.63) is 48.6 Å². The number of nitrogens with zero attached hydrogens (tertiary/aromatic N) is 1. The van der Waals surface area contributed by atoms with Crippen LogP contribution in [0.4, 0.5) is 0 Å². The molecule has 0 amide bonds. The van der Waals surface area contributed by atoms with Crippen molar-refractivity contribution in [3.8, 4) is 0 Å². The molecule has 0 fully saturated rings. The molecule has 1 N–H and O–H groups in total. The van der Waals surface area contributed by atoms with Gasteiger partial charge in [-0.3, -0.25) is 9.59 Å². The zero-order valence-corrected chi connectivity index (χ0v) is 37.5. The molecule has 2 atom stereocenters. The summed E-state index contributed by atoms with van der Waals surface area (Å²) in [5.41, 5.74) is 0. The van der Waals surface area contributed by atoms with Crippen LogP contribution in [0.3, 0.4) is 0 Å². The SMILES string of the molecule is CC/C=C/C=C/C=C/CCCCCCCCCC(=O)OCC(COCCC(C(=O)O)[N+](C)(C)C)OC(=O)CCCCCCC/C=C/CCCCCCCCCCC. The Labute approximate surface area is 350 Å². The number of unbranched alkanes of at least 4 members (excludes halogenated alkanes) is 21. The Balaban J connectivity index is 4.33. The topological polar surface area (TPSA) is 99.1 Å². The highest BCUT2D eigenvalue weighted by atomic mass is 16.6. The summed E-state index contributed by atoms with van der Waals surface area (Å²) in [7, 11) is 5.52. The van der Waals surface area contributed by atoms with Crippen molar-refractivity contribution in [1.82, 2.24) is 0 Å². The highest BCUT2D eigenvalue weighted by Gasteiger charge is 2.31. The standard InChI is InChI=1S/C49H87NO7/c1-6-8-10-12-14-16-18-20-22-23-24-26-28-30-32-34-36-38-40-48(52)57-45(43-55-42-41-46(49(53)54)50(3,4)5)44-56-47(51)39-37-35-33-31-29-27-25-21-19-17-15-13-11-9-7-2/h9,11,13,15,17,19,24,26,45-46H,6-8,10,12,14,16,18,20-23,25,27-44H2,1-5H3/p+1/b11-9+,15-13+,19-17+,26-24+. The average molecular weight is 803 g/mol. The summed E-state index contributed by atoms with van der Waals surface area (Å²) in [5, 5.41) is 9.63. The van der Waals surface area contributed by atoms with E-state index < -0.39 is 18.1 Å². The molecule has 0 heterocycles. The Morgan fingerprint density at radius 1 is 0.544 bits per heavy atom. The van der Waals surface area contributed by atoms with E-state index in [0.29, 0.717) is 19.3 Å². The number of hydrogen-bond acceptors (Lipinski definition) is 6. The van der Waals surface area contributed by atoms with E-state index in [-0.39, 0.29) is 36.2 Å². The number of ether oxygens (including phenoxy) is 3. The predicted molar refractivity (Wildman–Crippen MR) is 238 cm³/mol. The molecule has 0 saturated carbocycles. The lowest BCUT2D eigenvalue weighted by molar-refractivity contribution is -0.887. The molecule has 2 unspecified atom stereocenters. The summed E-state index contributed by atoms with van der Waals surface area (Å²) in [6.07, 6.45) is 47.2. The van der Waals surface area contributed by atoms with E-state index in [1.165, 1.54) is 96.3 Å². The Morgan fingerprint density at radius 3 is 1.49 bits per heavy atom. The summed E-state index contributed by atoms with van der Waals surface area (Å²) >= 11 is 0. The number of quaternary nitrogens is 1. The van der Waals surface area contributed by atoms with Crippen LogP contribution >= 0.6 is 0 Å². The lowest BCUT2D eigenvalue weighted by atomic mass is 10.1. The maximum absolute atomic E-state index is 12.7. The second-order valence-electron chi connectivity index (χ2n) is 16.7. The van der Waals surface area contributed by atoms with Gasteiger partial charge in [0.15, 0.2) is 12.1 Å². The van der Waals surface area contributed by atoms with Crippen molar-refractivity contribution in [3.63, 3.8) is 0 Å². The number of rotatable bonds is 41. The van der Waals surface area contributed by atoms with Gasteiger partial charge in [0.05, 0.1) is 34.4 Å². The van der Waals surface area contributed by atoms with E-state index in [1.54, 1.807) is 0 Å². The first-order valence-electron chi connectivity index (χ1n) is 23.2. The van der Waals surface area contributed by atoms with Gasteiger partial charge in [0, 0.05) is 19.3 Å².